The molecule has 0 bridgehead atoms. The first-order chi connectivity index (χ1) is 14.6. The van der Waals surface area contributed by atoms with Gasteiger partial charge in [0.1, 0.15) is 0 Å². The summed E-state index contributed by atoms with van der Waals surface area (Å²) in [6.45, 7) is 6.86. The highest BCUT2D eigenvalue weighted by atomic mass is 32.2. The van der Waals surface area contributed by atoms with Gasteiger partial charge in [-0.15, -0.1) is 0 Å². The van der Waals surface area contributed by atoms with Gasteiger partial charge in [-0.3, -0.25) is 4.18 Å². The molecule has 0 atom stereocenters. The summed E-state index contributed by atoms with van der Waals surface area (Å²) in [4.78, 5) is 0.136. The highest BCUT2D eigenvalue weighted by Crippen LogP contribution is 2.12. The zero-order valence-corrected chi connectivity index (χ0v) is 18.7. The Labute approximate surface area is 179 Å². The third-order valence-corrected chi connectivity index (χ3v) is 5.02. The van der Waals surface area contributed by atoms with Crippen LogP contribution in [0.1, 0.15) is 5.56 Å². The largest absolute Gasteiger partial charge is 0.382 e. The van der Waals surface area contributed by atoms with Gasteiger partial charge in [0.15, 0.2) is 0 Å². The zero-order valence-electron chi connectivity index (χ0n) is 17.9. The summed E-state index contributed by atoms with van der Waals surface area (Å²) in [6.07, 6.45) is 0. The van der Waals surface area contributed by atoms with Crippen molar-refractivity contribution in [2.75, 3.05) is 86.4 Å². The van der Waals surface area contributed by atoms with Gasteiger partial charge in [0.2, 0.25) is 0 Å². The molecule has 0 saturated carbocycles. The van der Waals surface area contributed by atoms with Crippen LogP contribution in [0, 0.1) is 6.92 Å². The second-order valence-corrected chi connectivity index (χ2v) is 7.76. The van der Waals surface area contributed by atoms with Crippen molar-refractivity contribution in [3.63, 3.8) is 0 Å². The van der Waals surface area contributed by atoms with Crippen molar-refractivity contribution in [3.8, 4) is 0 Å². The van der Waals surface area contributed by atoms with Crippen LogP contribution >= 0.6 is 0 Å². The van der Waals surface area contributed by atoms with Crippen molar-refractivity contribution < 1.29 is 41.0 Å². The molecule has 1 aromatic rings. The first-order valence-corrected chi connectivity index (χ1v) is 11.3. The first-order valence-electron chi connectivity index (χ1n) is 9.90. The molecular formula is C20H34O9S. The standard InChI is InChI=1S/C20H34O9S/c1-19-3-5-20(6-4-19)30(21,22)29-18-17-28-16-15-27-14-13-26-12-11-25-10-9-24-8-7-23-2/h3-6H,7-18H2,1-2H3. The molecule has 0 aromatic heterocycles. The molecule has 0 radical (unpaired) electrons. The highest BCUT2D eigenvalue weighted by Gasteiger charge is 2.14. The molecule has 0 spiro atoms. The third-order valence-electron chi connectivity index (χ3n) is 3.70. The summed E-state index contributed by atoms with van der Waals surface area (Å²) in [5.74, 6) is 0. The van der Waals surface area contributed by atoms with Crippen LogP contribution in [0.2, 0.25) is 0 Å². The number of hydrogen-bond acceptors (Lipinski definition) is 9. The van der Waals surface area contributed by atoms with E-state index in [0.717, 1.165) is 5.56 Å². The molecule has 0 amide bonds. The van der Waals surface area contributed by atoms with Gasteiger partial charge in [-0.2, -0.15) is 8.42 Å². The Morgan fingerprint density at radius 1 is 0.600 bits per heavy atom. The van der Waals surface area contributed by atoms with Crippen LogP contribution in [-0.2, 0) is 42.7 Å². The average molecular weight is 451 g/mol. The topological polar surface area (TPSA) is 98.8 Å². The van der Waals surface area contributed by atoms with E-state index in [0.29, 0.717) is 66.1 Å². The predicted molar refractivity (Wildman–Crippen MR) is 110 cm³/mol. The van der Waals surface area contributed by atoms with Crippen LogP contribution in [-0.4, -0.2) is 94.8 Å². The maximum atomic E-state index is 12.0. The minimum absolute atomic E-state index is 0.0449. The fourth-order valence-electron chi connectivity index (χ4n) is 2.10. The van der Waals surface area contributed by atoms with Gasteiger partial charge in [0, 0.05) is 7.11 Å². The van der Waals surface area contributed by atoms with Crippen LogP contribution in [0.5, 0.6) is 0 Å². The summed E-state index contributed by atoms with van der Waals surface area (Å²) in [6, 6.07) is 6.49. The normalized spacial score (nSPS) is 11.8. The molecule has 0 N–H and O–H groups in total. The molecule has 30 heavy (non-hydrogen) atoms. The van der Waals surface area contributed by atoms with Crippen molar-refractivity contribution in [1.29, 1.82) is 0 Å². The molecule has 0 fully saturated rings. The van der Waals surface area contributed by atoms with E-state index in [1.54, 1.807) is 19.2 Å². The van der Waals surface area contributed by atoms with Crippen LogP contribution in [0.4, 0.5) is 0 Å². The van der Waals surface area contributed by atoms with E-state index in [9.17, 15) is 8.42 Å². The maximum Gasteiger partial charge on any atom is 0.297 e. The van der Waals surface area contributed by atoms with E-state index < -0.39 is 10.1 Å². The molecule has 0 saturated heterocycles. The van der Waals surface area contributed by atoms with E-state index in [1.807, 2.05) is 6.92 Å². The van der Waals surface area contributed by atoms with E-state index >= 15 is 0 Å². The number of methoxy groups -OCH3 is 1. The zero-order chi connectivity index (χ0) is 21.9. The lowest BCUT2D eigenvalue weighted by molar-refractivity contribution is -0.0158. The second kappa shape index (κ2) is 17.6. The second-order valence-electron chi connectivity index (χ2n) is 6.14. The van der Waals surface area contributed by atoms with Gasteiger partial charge < -0.3 is 28.4 Å². The Balaban J connectivity index is 1.84. The van der Waals surface area contributed by atoms with Crippen LogP contribution in [0.15, 0.2) is 29.2 Å². The molecule has 1 aromatic carbocycles. The molecule has 0 aliphatic carbocycles. The molecular weight excluding hydrogens is 416 g/mol. The number of rotatable bonds is 20. The lowest BCUT2D eigenvalue weighted by Crippen LogP contribution is -2.15. The van der Waals surface area contributed by atoms with Gasteiger partial charge in [-0.1, -0.05) is 17.7 Å². The van der Waals surface area contributed by atoms with Crippen LogP contribution in [0.3, 0.4) is 0 Å². The molecule has 10 heteroatoms. The van der Waals surface area contributed by atoms with Gasteiger partial charge in [-0.05, 0) is 19.1 Å². The van der Waals surface area contributed by atoms with Crippen molar-refractivity contribution in [2.24, 2.45) is 0 Å². The highest BCUT2D eigenvalue weighted by molar-refractivity contribution is 7.86. The van der Waals surface area contributed by atoms with Crippen LogP contribution in [0.25, 0.3) is 0 Å². The summed E-state index contributed by atoms with van der Waals surface area (Å²) >= 11 is 0. The minimum Gasteiger partial charge on any atom is -0.382 e. The summed E-state index contributed by atoms with van der Waals surface area (Å²) in [5.41, 5.74) is 0.982. The number of hydrogen-bond donors (Lipinski definition) is 0. The molecule has 1 rings (SSSR count). The predicted octanol–water partition coefficient (Wildman–Crippen LogP) is 1.43. The third kappa shape index (κ3) is 14.0. The Morgan fingerprint density at radius 3 is 1.37 bits per heavy atom. The molecule has 0 heterocycles. The van der Waals surface area contributed by atoms with Crippen molar-refractivity contribution in [3.05, 3.63) is 29.8 Å². The van der Waals surface area contributed by atoms with Gasteiger partial charge in [0.05, 0.1) is 84.2 Å². The Bertz CT molecular complexity index is 620. The lowest BCUT2D eigenvalue weighted by atomic mass is 10.2. The van der Waals surface area contributed by atoms with E-state index in [-0.39, 0.29) is 18.1 Å². The summed E-state index contributed by atoms with van der Waals surface area (Å²) < 4.78 is 60.4. The molecule has 0 unspecified atom stereocenters. The summed E-state index contributed by atoms with van der Waals surface area (Å²) in [7, 11) is -2.12. The lowest BCUT2D eigenvalue weighted by Gasteiger charge is -2.08. The fourth-order valence-corrected chi connectivity index (χ4v) is 2.99. The Hall–Kier alpha value is -1.11. The van der Waals surface area contributed by atoms with E-state index in [2.05, 4.69) is 0 Å². The Kier molecular flexibility index (Phi) is 15.8. The monoisotopic (exact) mass is 450 g/mol. The van der Waals surface area contributed by atoms with Gasteiger partial charge in [0.25, 0.3) is 10.1 Å². The number of benzene rings is 1. The van der Waals surface area contributed by atoms with Gasteiger partial charge >= 0.3 is 0 Å². The van der Waals surface area contributed by atoms with Gasteiger partial charge in [-0.25, -0.2) is 0 Å². The number of aryl methyl sites for hydroxylation is 1. The fraction of sp³-hybridized carbons (Fsp3) is 0.700. The van der Waals surface area contributed by atoms with Crippen molar-refractivity contribution in [2.45, 2.75) is 11.8 Å². The smallest absolute Gasteiger partial charge is 0.297 e. The van der Waals surface area contributed by atoms with E-state index in [1.165, 1.54) is 12.1 Å². The SMILES string of the molecule is COCCOCCOCCOCCOCCOCCOS(=O)(=O)c1ccc(C)cc1. The molecule has 174 valence electrons. The summed E-state index contributed by atoms with van der Waals surface area (Å²) in [5, 5.41) is 0. The minimum atomic E-state index is -3.75. The molecule has 0 aliphatic rings. The first kappa shape index (κ1) is 26.9. The molecule has 0 aliphatic heterocycles. The maximum absolute atomic E-state index is 12.0. The van der Waals surface area contributed by atoms with Crippen LogP contribution < -0.4 is 0 Å². The molecule has 9 nitrogen and oxygen atoms in total. The Morgan fingerprint density at radius 2 is 0.967 bits per heavy atom. The van der Waals surface area contributed by atoms with Crippen molar-refractivity contribution in [1.82, 2.24) is 0 Å². The quantitative estimate of drug-likeness (QED) is 0.216. The van der Waals surface area contributed by atoms with E-state index in [4.69, 9.17) is 32.6 Å². The van der Waals surface area contributed by atoms with Crippen molar-refractivity contribution >= 4 is 10.1 Å². The average Bonchev–Trinajstić information content (AvgIpc) is 2.73. The number of ether oxygens (including phenoxy) is 6.